The molecule has 1 saturated heterocycles. The molecule has 1 aliphatic heterocycles. The van der Waals surface area contributed by atoms with E-state index in [1.807, 2.05) is 12.1 Å². The van der Waals surface area contributed by atoms with E-state index >= 15 is 0 Å². The molecule has 2 aromatic heterocycles. The van der Waals surface area contributed by atoms with E-state index in [2.05, 4.69) is 20.7 Å². The molecule has 9 heteroatoms. The number of nitrogens with two attached hydrogens (primary N) is 2. The van der Waals surface area contributed by atoms with Gasteiger partial charge in [0.25, 0.3) is 5.18 Å². The first-order chi connectivity index (χ1) is 10.6. The molecular weight excluding hydrogens is 304 g/mol. The quantitative estimate of drug-likeness (QED) is 0.121. The zero-order valence-electron chi connectivity index (χ0n) is 11.2. The molecule has 7 N–H and O–H groups in total. The zero-order valence-corrected chi connectivity index (χ0v) is 12.0. The number of nitrogen functional groups attached to an aromatic ring is 1. The lowest BCUT2D eigenvalue weighted by Gasteiger charge is -2.10. The summed E-state index contributed by atoms with van der Waals surface area (Å²) in [5.74, 6) is 6.41. The van der Waals surface area contributed by atoms with Crippen molar-refractivity contribution in [2.75, 3.05) is 10.7 Å². The first-order valence-electron chi connectivity index (χ1n) is 6.42. The predicted octanol–water partition coefficient (Wildman–Crippen LogP) is 1.43. The van der Waals surface area contributed by atoms with Crippen molar-refractivity contribution < 1.29 is 9.29 Å². The number of phenols is 1. The minimum absolute atomic E-state index is 0.0313. The zero-order chi connectivity index (χ0) is 15.3. The van der Waals surface area contributed by atoms with E-state index in [1.165, 1.54) is 0 Å². The van der Waals surface area contributed by atoms with Crippen molar-refractivity contribution in [3.63, 3.8) is 0 Å². The van der Waals surface area contributed by atoms with Crippen LogP contribution in [0, 0.1) is 0 Å². The molecule has 22 heavy (non-hydrogen) atoms. The van der Waals surface area contributed by atoms with Gasteiger partial charge >= 0.3 is 0 Å². The minimum atomic E-state index is -0.914. The highest BCUT2D eigenvalue weighted by molar-refractivity contribution is 8.01. The highest BCUT2D eigenvalue weighted by atomic mass is 32.2. The number of pyridine rings is 2. The molecule has 0 aliphatic carbocycles. The second-order valence-electron chi connectivity index (χ2n) is 4.86. The summed E-state index contributed by atoms with van der Waals surface area (Å²) in [5.41, 5.74) is 9.33. The molecule has 0 saturated carbocycles. The number of fused-ring (bicyclic) bond motifs is 3. The predicted molar refractivity (Wildman–Crippen MR) is 85.7 cm³/mol. The van der Waals surface area contributed by atoms with Gasteiger partial charge in [0.1, 0.15) is 22.9 Å². The highest BCUT2D eigenvalue weighted by Gasteiger charge is 2.44. The second kappa shape index (κ2) is 4.58. The van der Waals surface area contributed by atoms with E-state index in [1.54, 1.807) is 18.2 Å². The third-order valence-corrected chi connectivity index (χ3v) is 3.97. The number of benzene rings is 1. The molecule has 1 atom stereocenters. The first kappa shape index (κ1) is 13.3. The van der Waals surface area contributed by atoms with Gasteiger partial charge in [0, 0.05) is 16.8 Å². The van der Waals surface area contributed by atoms with Gasteiger partial charge in [-0.2, -0.15) is 0 Å². The average Bonchev–Trinajstić information content (AvgIpc) is 3.24. The number of nitrogens with one attached hydrogen (secondary N) is 2. The van der Waals surface area contributed by atoms with Gasteiger partial charge in [-0.05, 0) is 24.3 Å². The van der Waals surface area contributed by atoms with E-state index in [0.29, 0.717) is 22.7 Å². The average molecular weight is 316 g/mol. The Hall–Kier alpha value is -2.33. The molecule has 0 spiro atoms. The van der Waals surface area contributed by atoms with Crippen LogP contribution in [0.5, 0.6) is 5.75 Å². The highest BCUT2D eigenvalue weighted by Crippen LogP contribution is 2.42. The lowest BCUT2D eigenvalue weighted by Crippen LogP contribution is -2.31. The van der Waals surface area contributed by atoms with Crippen molar-refractivity contribution in [3.05, 3.63) is 30.3 Å². The van der Waals surface area contributed by atoms with Crippen molar-refractivity contribution in [1.29, 1.82) is 0 Å². The van der Waals surface area contributed by atoms with Crippen LogP contribution < -0.4 is 22.3 Å². The van der Waals surface area contributed by atoms with Crippen LogP contribution in [0.15, 0.2) is 30.3 Å². The van der Waals surface area contributed by atoms with Crippen LogP contribution in [0.1, 0.15) is 0 Å². The smallest absolute Gasteiger partial charge is 0.282 e. The Morgan fingerprint density at radius 2 is 1.86 bits per heavy atom. The summed E-state index contributed by atoms with van der Waals surface area (Å²) in [6, 6.07) is 8.81. The summed E-state index contributed by atoms with van der Waals surface area (Å²) in [7, 11) is 0. The van der Waals surface area contributed by atoms with Gasteiger partial charge in [0.05, 0.1) is 17.6 Å². The van der Waals surface area contributed by atoms with E-state index < -0.39 is 5.18 Å². The molecule has 4 rings (SSSR count). The van der Waals surface area contributed by atoms with Crippen molar-refractivity contribution in [2.45, 2.75) is 5.18 Å². The molecule has 3 heterocycles. The normalized spacial score (nSPS) is 20.3. The van der Waals surface area contributed by atoms with E-state index in [4.69, 9.17) is 15.8 Å². The lowest BCUT2D eigenvalue weighted by molar-refractivity contribution is 0.363. The summed E-state index contributed by atoms with van der Waals surface area (Å²) >= 11 is 1.13. The Bertz CT molecular complexity index is 898. The van der Waals surface area contributed by atoms with Gasteiger partial charge in [-0.3, -0.25) is 9.92 Å². The standard InChI is InChI=1S/C13H12N6O2S/c14-13(21-22-13)18-10-3-1-6-7-2-4-11(19-15)17-12(7)9(20)5-8(6)16-10/h1-5,20H,14-15H2,(H,16,18)(H,17,19). The monoisotopic (exact) mass is 316 g/mol. The van der Waals surface area contributed by atoms with Crippen LogP contribution in [0.2, 0.25) is 0 Å². The number of hydrazine groups is 1. The number of nitrogens with zero attached hydrogens (tertiary/aromatic N) is 2. The number of hydrogen-bond acceptors (Lipinski definition) is 9. The molecule has 3 aromatic rings. The van der Waals surface area contributed by atoms with Crippen LogP contribution in [0.25, 0.3) is 21.8 Å². The Morgan fingerprint density at radius 1 is 1.14 bits per heavy atom. The van der Waals surface area contributed by atoms with Crippen LogP contribution in [-0.4, -0.2) is 20.3 Å². The lowest BCUT2D eigenvalue weighted by atomic mass is 10.1. The van der Waals surface area contributed by atoms with E-state index in [-0.39, 0.29) is 5.75 Å². The van der Waals surface area contributed by atoms with E-state index in [0.717, 1.165) is 22.8 Å². The van der Waals surface area contributed by atoms with Crippen LogP contribution in [-0.2, 0) is 4.18 Å². The van der Waals surface area contributed by atoms with Gasteiger partial charge in [-0.1, -0.05) is 0 Å². The molecule has 1 aromatic carbocycles. The largest absolute Gasteiger partial charge is 0.506 e. The van der Waals surface area contributed by atoms with Crippen LogP contribution >= 0.6 is 12.0 Å². The van der Waals surface area contributed by atoms with Gasteiger partial charge < -0.3 is 15.8 Å². The Balaban J connectivity index is 1.89. The van der Waals surface area contributed by atoms with E-state index in [9.17, 15) is 5.11 Å². The summed E-state index contributed by atoms with van der Waals surface area (Å²) < 4.78 is 5.00. The number of phenolic OH excluding ortho intramolecular Hbond substituents is 1. The number of rotatable bonds is 3. The Kier molecular flexibility index (Phi) is 2.78. The maximum atomic E-state index is 10.2. The number of anilines is 2. The fourth-order valence-electron chi connectivity index (χ4n) is 2.30. The van der Waals surface area contributed by atoms with Crippen LogP contribution in [0.4, 0.5) is 11.6 Å². The maximum absolute atomic E-state index is 10.2. The molecule has 1 unspecified atom stereocenters. The van der Waals surface area contributed by atoms with Crippen molar-refractivity contribution >= 4 is 45.5 Å². The SMILES string of the molecule is NNc1ccc2c(n1)c(O)cc1nc(NC3(N)OS3)ccc12. The number of aromatic hydroxyl groups is 1. The molecule has 0 amide bonds. The molecule has 1 aliphatic rings. The molecular formula is C13H12N6O2S. The topological polar surface area (TPSA) is 135 Å². The molecule has 112 valence electrons. The van der Waals surface area contributed by atoms with Gasteiger partial charge in [-0.15, -0.1) is 0 Å². The number of aromatic nitrogens is 2. The summed E-state index contributed by atoms with van der Waals surface area (Å²) in [6.07, 6.45) is 0. The first-order valence-corrected chi connectivity index (χ1v) is 7.16. The van der Waals surface area contributed by atoms with Gasteiger partial charge in [0.15, 0.2) is 0 Å². The number of hydrogen-bond donors (Lipinski definition) is 5. The summed E-state index contributed by atoms with van der Waals surface area (Å²) in [6.45, 7) is 0. The molecule has 0 bridgehead atoms. The maximum Gasteiger partial charge on any atom is 0.282 e. The van der Waals surface area contributed by atoms with Crippen LogP contribution in [0.3, 0.4) is 0 Å². The summed E-state index contributed by atoms with van der Waals surface area (Å²) in [4.78, 5) is 8.70. The Labute approximate surface area is 129 Å². The van der Waals surface area contributed by atoms with Gasteiger partial charge in [-0.25, -0.2) is 15.8 Å². The van der Waals surface area contributed by atoms with Crippen molar-refractivity contribution in [1.82, 2.24) is 9.97 Å². The summed E-state index contributed by atoms with van der Waals surface area (Å²) in [5, 5.41) is 13.9. The van der Waals surface area contributed by atoms with Gasteiger partial charge in [0.2, 0.25) is 0 Å². The fraction of sp³-hybridized carbons (Fsp3) is 0.0769. The third-order valence-electron chi connectivity index (χ3n) is 3.34. The molecule has 0 radical (unpaired) electrons. The van der Waals surface area contributed by atoms with Crippen molar-refractivity contribution in [2.24, 2.45) is 11.6 Å². The third kappa shape index (κ3) is 2.16. The van der Waals surface area contributed by atoms with Crippen molar-refractivity contribution in [3.8, 4) is 5.75 Å². The Morgan fingerprint density at radius 3 is 2.59 bits per heavy atom. The molecule has 8 nitrogen and oxygen atoms in total. The minimum Gasteiger partial charge on any atom is -0.506 e. The molecule has 1 fully saturated rings. The second-order valence-corrected chi connectivity index (χ2v) is 5.79. The fourth-order valence-corrected chi connectivity index (χ4v) is 2.58.